The van der Waals surface area contributed by atoms with E-state index in [1.54, 1.807) is 43.3 Å². The maximum atomic E-state index is 13.9. The van der Waals surface area contributed by atoms with E-state index in [0.717, 1.165) is 0 Å². The number of halogens is 2. The second kappa shape index (κ2) is 8.28. The van der Waals surface area contributed by atoms with Gasteiger partial charge in [-0.2, -0.15) is 5.10 Å². The van der Waals surface area contributed by atoms with Gasteiger partial charge in [-0.05, 0) is 43.3 Å². The van der Waals surface area contributed by atoms with E-state index >= 15 is 0 Å². The summed E-state index contributed by atoms with van der Waals surface area (Å²) in [5.41, 5.74) is 1.65. The Morgan fingerprint density at radius 1 is 1.13 bits per heavy atom. The number of hydrogen-bond acceptors (Lipinski definition) is 4. The Morgan fingerprint density at radius 2 is 1.90 bits per heavy atom. The zero-order chi connectivity index (χ0) is 21.1. The van der Waals surface area contributed by atoms with Crippen LogP contribution in [0, 0.1) is 18.6 Å². The van der Waals surface area contributed by atoms with E-state index in [1.807, 2.05) is 0 Å². The lowest BCUT2D eigenvalue weighted by atomic mass is 10.2. The minimum Gasteiger partial charge on any atom is -0.441 e. The maximum Gasteiger partial charge on any atom is 0.226 e. The topological polar surface area (TPSA) is 73.0 Å². The van der Waals surface area contributed by atoms with Crippen LogP contribution < -0.4 is 5.32 Å². The van der Waals surface area contributed by atoms with Crippen LogP contribution in [-0.2, 0) is 11.2 Å². The zero-order valence-electron chi connectivity index (χ0n) is 16.1. The number of aryl methyl sites for hydroxylation is 2. The lowest BCUT2D eigenvalue weighted by Gasteiger charge is -2.08. The maximum absolute atomic E-state index is 13.9. The van der Waals surface area contributed by atoms with Gasteiger partial charge in [0.05, 0.1) is 23.1 Å². The predicted molar refractivity (Wildman–Crippen MR) is 107 cm³/mol. The van der Waals surface area contributed by atoms with Crippen LogP contribution in [0.5, 0.6) is 0 Å². The predicted octanol–water partition coefficient (Wildman–Crippen LogP) is 4.69. The molecule has 4 rings (SSSR count). The van der Waals surface area contributed by atoms with E-state index in [-0.39, 0.29) is 24.6 Å². The number of hydrogen-bond donors (Lipinski definition) is 1. The quantitative estimate of drug-likeness (QED) is 0.503. The molecule has 30 heavy (non-hydrogen) atoms. The van der Waals surface area contributed by atoms with Crippen LogP contribution in [0.1, 0.15) is 18.0 Å². The average molecular weight is 408 g/mol. The third kappa shape index (κ3) is 4.27. The third-order valence-corrected chi connectivity index (χ3v) is 4.43. The Hall–Kier alpha value is -3.81. The fraction of sp³-hybridized carbons (Fsp3) is 0.136. The van der Waals surface area contributed by atoms with E-state index in [1.165, 1.54) is 29.1 Å². The number of nitrogens with one attached hydrogen (secondary N) is 1. The smallest absolute Gasteiger partial charge is 0.226 e. The van der Waals surface area contributed by atoms with Crippen molar-refractivity contribution in [1.29, 1.82) is 0 Å². The van der Waals surface area contributed by atoms with Crippen molar-refractivity contribution in [3.63, 3.8) is 0 Å². The molecule has 1 N–H and O–H groups in total. The second-order valence-electron chi connectivity index (χ2n) is 6.71. The highest BCUT2D eigenvalue weighted by Gasteiger charge is 2.14. The summed E-state index contributed by atoms with van der Waals surface area (Å²) in [7, 11) is 0. The standard InChI is InChI=1S/C22H18F2N4O2/c1-14-12-20(28(27-14)16-8-6-15(23)7-9-16)26-21(29)10-11-22-25-13-19(30-22)17-4-2-3-5-18(17)24/h2-9,12-13H,10-11H2,1H3,(H,26,29). The molecular formula is C22H18F2N4O2. The first-order valence-electron chi connectivity index (χ1n) is 9.31. The molecule has 0 saturated heterocycles. The van der Waals surface area contributed by atoms with Crippen LogP contribution in [-0.4, -0.2) is 20.7 Å². The van der Waals surface area contributed by atoms with Crippen LogP contribution >= 0.6 is 0 Å². The Morgan fingerprint density at radius 3 is 2.67 bits per heavy atom. The highest BCUT2D eigenvalue weighted by atomic mass is 19.1. The summed E-state index contributed by atoms with van der Waals surface area (Å²) in [6.45, 7) is 1.80. The van der Waals surface area contributed by atoms with E-state index in [0.29, 0.717) is 34.4 Å². The molecule has 1 amide bonds. The molecule has 0 aliphatic rings. The molecule has 0 fully saturated rings. The summed E-state index contributed by atoms with van der Waals surface area (Å²) in [6, 6.07) is 13.8. The van der Waals surface area contributed by atoms with Gasteiger partial charge in [0.25, 0.3) is 0 Å². The van der Waals surface area contributed by atoms with E-state index in [4.69, 9.17) is 4.42 Å². The number of nitrogens with zero attached hydrogens (tertiary/aromatic N) is 3. The molecule has 8 heteroatoms. The van der Waals surface area contributed by atoms with Crippen molar-refractivity contribution < 1.29 is 18.0 Å². The Kier molecular flexibility index (Phi) is 5.38. The van der Waals surface area contributed by atoms with Gasteiger partial charge < -0.3 is 9.73 Å². The summed E-state index contributed by atoms with van der Waals surface area (Å²) in [5.74, 6) is 0.115. The number of carbonyl (C=O) groups excluding carboxylic acids is 1. The lowest BCUT2D eigenvalue weighted by Crippen LogP contribution is -2.15. The van der Waals surface area contributed by atoms with Gasteiger partial charge in [-0.25, -0.2) is 18.4 Å². The van der Waals surface area contributed by atoms with Crippen molar-refractivity contribution in [3.05, 3.63) is 84.0 Å². The largest absolute Gasteiger partial charge is 0.441 e. The number of rotatable bonds is 6. The molecular weight excluding hydrogens is 390 g/mol. The third-order valence-electron chi connectivity index (χ3n) is 4.43. The number of oxazole rings is 1. The molecule has 0 aliphatic heterocycles. The highest BCUT2D eigenvalue weighted by molar-refractivity contribution is 5.90. The molecule has 0 bridgehead atoms. The van der Waals surface area contributed by atoms with E-state index in [9.17, 15) is 13.6 Å². The summed E-state index contributed by atoms with van der Waals surface area (Å²) < 4.78 is 34.2. The van der Waals surface area contributed by atoms with Crippen molar-refractivity contribution in [2.75, 3.05) is 5.32 Å². The Balaban J connectivity index is 1.42. The number of amides is 1. The fourth-order valence-corrected chi connectivity index (χ4v) is 3.00. The molecule has 2 heterocycles. The van der Waals surface area contributed by atoms with Crippen molar-refractivity contribution in [1.82, 2.24) is 14.8 Å². The summed E-state index contributed by atoms with van der Waals surface area (Å²) in [4.78, 5) is 16.5. The molecule has 0 aliphatic carbocycles. The van der Waals surface area contributed by atoms with Gasteiger partial charge in [0, 0.05) is 18.9 Å². The molecule has 0 unspecified atom stereocenters. The molecule has 4 aromatic rings. The Bertz CT molecular complexity index is 1180. The molecule has 6 nitrogen and oxygen atoms in total. The van der Waals surface area contributed by atoms with Crippen LogP contribution in [0.25, 0.3) is 17.0 Å². The van der Waals surface area contributed by atoms with E-state index < -0.39 is 5.82 Å². The van der Waals surface area contributed by atoms with Gasteiger partial charge in [-0.15, -0.1) is 0 Å². The van der Waals surface area contributed by atoms with Crippen molar-refractivity contribution in [2.45, 2.75) is 19.8 Å². The average Bonchev–Trinajstić information content (AvgIpc) is 3.34. The first kappa shape index (κ1) is 19.5. The fourth-order valence-electron chi connectivity index (χ4n) is 3.00. The number of anilines is 1. The summed E-state index contributed by atoms with van der Waals surface area (Å²) in [5, 5.41) is 7.14. The minimum absolute atomic E-state index is 0.116. The lowest BCUT2D eigenvalue weighted by molar-refractivity contribution is -0.116. The number of aromatic nitrogens is 3. The summed E-state index contributed by atoms with van der Waals surface area (Å²) >= 11 is 0. The van der Waals surface area contributed by atoms with Crippen LogP contribution in [0.3, 0.4) is 0 Å². The molecule has 0 radical (unpaired) electrons. The SMILES string of the molecule is Cc1cc(NC(=O)CCc2ncc(-c3ccccc3F)o2)n(-c2ccc(F)cc2)n1. The van der Waals surface area contributed by atoms with Gasteiger partial charge in [0.15, 0.2) is 11.7 Å². The molecule has 2 aromatic carbocycles. The Labute approximate surface area is 171 Å². The van der Waals surface area contributed by atoms with Gasteiger partial charge in [-0.1, -0.05) is 12.1 Å². The molecule has 0 spiro atoms. The first-order chi connectivity index (χ1) is 14.5. The van der Waals surface area contributed by atoms with Gasteiger partial charge in [-0.3, -0.25) is 4.79 Å². The summed E-state index contributed by atoms with van der Waals surface area (Å²) in [6.07, 6.45) is 1.81. The van der Waals surface area contributed by atoms with Crippen LogP contribution in [0.4, 0.5) is 14.6 Å². The molecule has 152 valence electrons. The highest BCUT2D eigenvalue weighted by Crippen LogP contribution is 2.24. The first-order valence-corrected chi connectivity index (χ1v) is 9.31. The zero-order valence-corrected chi connectivity index (χ0v) is 16.1. The second-order valence-corrected chi connectivity index (χ2v) is 6.71. The van der Waals surface area contributed by atoms with Crippen molar-refractivity contribution >= 4 is 11.7 Å². The molecule has 0 saturated carbocycles. The van der Waals surface area contributed by atoms with Crippen molar-refractivity contribution in [2.24, 2.45) is 0 Å². The molecule has 0 atom stereocenters. The number of benzene rings is 2. The van der Waals surface area contributed by atoms with Crippen molar-refractivity contribution in [3.8, 4) is 17.0 Å². The van der Waals surface area contributed by atoms with Crippen LogP contribution in [0.15, 0.2) is 65.2 Å². The minimum atomic E-state index is -0.401. The van der Waals surface area contributed by atoms with E-state index in [2.05, 4.69) is 15.4 Å². The van der Waals surface area contributed by atoms with Gasteiger partial charge in [0.1, 0.15) is 17.5 Å². The normalized spacial score (nSPS) is 10.9. The monoisotopic (exact) mass is 408 g/mol. The molecule has 2 aromatic heterocycles. The van der Waals surface area contributed by atoms with Crippen LogP contribution in [0.2, 0.25) is 0 Å². The van der Waals surface area contributed by atoms with Gasteiger partial charge in [0.2, 0.25) is 5.91 Å². The number of carbonyl (C=O) groups is 1. The van der Waals surface area contributed by atoms with Gasteiger partial charge >= 0.3 is 0 Å².